The molecule has 1 atom stereocenters. The molecular formula is C25H25N3O2S2. The van der Waals surface area contributed by atoms with Crippen LogP contribution in [0.5, 0.6) is 0 Å². The van der Waals surface area contributed by atoms with Crippen LogP contribution in [-0.4, -0.2) is 35.1 Å². The molecule has 0 radical (unpaired) electrons. The van der Waals surface area contributed by atoms with Crippen LogP contribution >= 0.6 is 23.1 Å². The van der Waals surface area contributed by atoms with Gasteiger partial charge in [-0.3, -0.25) is 9.59 Å². The number of fused-ring (bicyclic) bond motifs is 1. The van der Waals surface area contributed by atoms with Crippen LogP contribution in [-0.2, 0) is 11.2 Å². The van der Waals surface area contributed by atoms with Crippen molar-refractivity contribution in [2.75, 3.05) is 12.3 Å². The Morgan fingerprint density at radius 1 is 1.06 bits per heavy atom. The molecule has 0 aliphatic heterocycles. The number of hydrogen-bond donors (Lipinski definition) is 3. The first-order valence-corrected chi connectivity index (χ1v) is 12.3. The summed E-state index contributed by atoms with van der Waals surface area (Å²) >= 11 is 3.06. The van der Waals surface area contributed by atoms with E-state index in [-0.39, 0.29) is 11.8 Å². The topological polar surface area (TPSA) is 74.0 Å². The molecule has 0 saturated heterocycles. The number of aromatic amines is 1. The zero-order valence-electron chi connectivity index (χ0n) is 17.8. The average molecular weight is 464 g/mol. The number of carbonyl (C=O) groups is 2. The van der Waals surface area contributed by atoms with Gasteiger partial charge in [-0.1, -0.05) is 42.0 Å². The van der Waals surface area contributed by atoms with Crippen molar-refractivity contribution >= 4 is 45.8 Å². The molecule has 1 unspecified atom stereocenters. The Bertz CT molecular complexity index is 1180. The van der Waals surface area contributed by atoms with Gasteiger partial charge in [0.2, 0.25) is 5.91 Å². The molecular weight excluding hydrogens is 438 g/mol. The van der Waals surface area contributed by atoms with Crippen LogP contribution in [0.2, 0.25) is 0 Å². The Morgan fingerprint density at radius 2 is 1.88 bits per heavy atom. The third-order valence-corrected chi connectivity index (χ3v) is 7.04. The van der Waals surface area contributed by atoms with Crippen LogP contribution in [0.1, 0.15) is 20.8 Å². The van der Waals surface area contributed by atoms with Crippen molar-refractivity contribution in [2.45, 2.75) is 24.3 Å². The minimum atomic E-state index is -0.659. The first kappa shape index (κ1) is 22.2. The highest BCUT2D eigenvalue weighted by atomic mass is 32.2. The van der Waals surface area contributed by atoms with Gasteiger partial charge in [0.15, 0.2) is 0 Å². The predicted octanol–water partition coefficient (Wildman–Crippen LogP) is 4.79. The molecule has 2 heterocycles. The molecule has 2 aromatic heterocycles. The fourth-order valence-corrected chi connectivity index (χ4v) is 4.86. The molecule has 164 valence electrons. The van der Waals surface area contributed by atoms with E-state index in [9.17, 15) is 9.59 Å². The van der Waals surface area contributed by atoms with Crippen molar-refractivity contribution in [1.82, 2.24) is 15.6 Å². The summed E-state index contributed by atoms with van der Waals surface area (Å²) in [6.07, 6.45) is 2.33. The summed E-state index contributed by atoms with van der Waals surface area (Å²) in [5.74, 6) is 0.353. The van der Waals surface area contributed by atoms with Crippen LogP contribution in [0.25, 0.3) is 10.9 Å². The summed E-state index contributed by atoms with van der Waals surface area (Å²) in [6, 6.07) is 19.2. The van der Waals surface area contributed by atoms with Gasteiger partial charge in [-0.25, -0.2) is 0 Å². The first-order valence-electron chi connectivity index (χ1n) is 10.5. The quantitative estimate of drug-likeness (QED) is 0.247. The summed E-state index contributed by atoms with van der Waals surface area (Å²) in [4.78, 5) is 30.7. The van der Waals surface area contributed by atoms with Crippen molar-refractivity contribution in [3.8, 4) is 0 Å². The summed E-state index contributed by atoms with van der Waals surface area (Å²) in [7, 11) is 0. The average Bonchev–Trinajstić information content (AvgIpc) is 3.48. The highest BCUT2D eigenvalue weighted by Crippen LogP contribution is 2.20. The van der Waals surface area contributed by atoms with Crippen molar-refractivity contribution in [1.29, 1.82) is 0 Å². The third-order valence-electron chi connectivity index (χ3n) is 5.16. The van der Waals surface area contributed by atoms with E-state index >= 15 is 0 Å². The zero-order valence-corrected chi connectivity index (χ0v) is 19.4. The van der Waals surface area contributed by atoms with Gasteiger partial charge in [0, 0.05) is 40.7 Å². The van der Waals surface area contributed by atoms with Crippen LogP contribution < -0.4 is 10.6 Å². The van der Waals surface area contributed by atoms with Crippen LogP contribution in [0, 0.1) is 6.92 Å². The maximum atomic E-state index is 13.0. The Morgan fingerprint density at radius 3 is 2.66 bits per heavy atom. The lowest BCUT2D eigenvalue weighted by atomic mass is 10.0. The maximum Gasteiger partial charge on any atom is 0.262 e. The van der Waals surface area contributed by atoms with Gasteiger partial charge in [0.1, 0.15) is 6.04 Å². The molecule has 32 heavy (non-hydrogen) atoms. The second kappa shape index (κ2) is 10.5. The summed E-state index contributed by atoms with van der Waals surface area (Å²) in [5.41, 5.74) is 3.24. The van der Waals surface area contributed by atoms with Crippen molar-refractivity contribution in [3.05, 3.63) is 88.2 Å². The molecule has 7 heteroatoms. The van der Waals surface area contributed by atoms with Crippen LogP contribution in [0.4, 0.5) is 0 Å². The smallest absolute Gasteiger partial charge is 0.262 e. The van der Waals surface area contributed by atoms with Crippen LogP contribution in [0.3, 0.4) is 0 Å². The largest absolute Gasteiger partial charge is 0.361 e. The number of para-hydroxylation sites is 1. The molecule has 4 aromatic rings. The third kappa shape index (κ3) is 5.60. The number of thiophene rings is 1. The number of amides is 2. The predicted molar refractivity (Wildman–Crippen MR) is 132 cm³/mol. The number of H-pyrrole nitrogens is 1. The highest BCUT2D eigenvalue weighted by molar-refractivity contribution is 7.99. The fraction of sp³-hybridized carbons (Fsp3) is 0.200. The van der Waals surface area contributed by atoms with E-state index < -0.39 is 6.04 Å². The van der Waals surface area contributed by atoms with Gasteiger partial charge in [-0.15, -0.1) is 23.1 Å². The van der Waals surface area contributed by atoms with E-state index in [0.717, 1.165) is 22.2 Å². The molecule has 0 saturated carbocycles. The lowest BCUT2D eigenvalue weighted by Gasteiger charge is -2.18. The van der Waals surface area contributed by atoms with Gasteiger partial charge in [-0.05, 0) is 42.1 Å². The second-order valence-corrected chi connectivity index (χ2v) is 9.64. The van der Waals surface area contributed by atoms with Gasteiger partial charge in [-0.2, -0.15) is 0 Å². The number of benzene rings is 2. The normalized spacial score (nSPS) is 11.9. The first-order chi connectivity index (χ1) is 15.6. The SMILES string of the molecule is Cc1ccc(SCCNC(=O)C(Cc2c[nH]c3ccccc23)NC(=O)c2cccs2)cc1. The van der Waals surface area contributed by atoms with Crippen molar-refractivity contribution in [2.24, 2.45) is 0 Å². The molecule has 0 bridgehead atoms. The summed E-state index contributed by atoms with van der Waals surface area (Å²) < 4.78 is 0. The summed E-state index contributed by atoms with van der Waals surface area (Å²) in [5, 5.41) is 8.83. The minimum absolute atomic E-state index is 0.176. The van der Waals surface area contributed by atoms with Crippen molar-refractivity contribution < 1.29 is 9.59 Å². The van der Waals surface area contributed by atoms with E-state index in [1.54, 1.807) is 17.8 Å². The standard InChI is InChI=1S/C25H25N3O2S2/c1-17-8-10-19(11-9-17)31-14-12-26-24(29)22(28-25(30)23-7-4-13-32-23)15-18-16-27-21-6-3-2-5-20(18)21/h2-11,13,16,22,27H,12,14-15H2,1H3,(H,26,29)(H,28,30). The molecule has 5 nitrogen and oxygen atoms in total. The second-order valence-electron chi connectivity index (χ2n) is 7.52. The number of carbonyl (C=O) groups excluding carboxylic acids is 2. The van der Waals surface area contributed by atoms with Gasteiger partial charge in [0.05, 0.1) is 4.88 Å². The lowest BCUT2D eigenvalue weighted by Crippen LogP contribution is -2.48. The number of hydrogen-bond acceptors (Lipinski definition) is 4. The Balaban J connectivity index is 1.41. The number of rotatable bonds is 9. The lowest BCUT2D eigenvalue weighted by molar-refractivity contribution is -0.122. The van der Waals surface area contributed by atoms with Gasteiger partial charge >= 0.3 is 0 Å². The number of aromatic nitrogens is 1. The maximum absolute atomic E-state index is 13.0. The fourth-order valence-electron chi connectivity index (χ4n) is 3.47. The molecule has 4 rings (SSSR count). The van der Waals surface area contributed by atoms with E-state index in [0.29, 0.717) is 17.8 Å². The van der Waals surface area contributed by atoms with Crippen molar-refractivity contribution in [3.63, 3.8) is 0 Å². The molecule has 0 aliphatic rings. The molecule has 0 fully saturated rings. The van der Waals surface area contributed by atoms with E-state index in [4.69, 9.17) is 0 Å². The minimum Gasteiger partial charge on any atom is -0.361 e. The van der Waals surface area contributed by atoms with E-state index in [1.165, 1.54) is 21.8 Å². The number of nitrogens with one attached hydrogen (secondary N) is 3. The highest BCUT2D eigenvalue weighted by Gasteiger charge is 2.23. The van der Waals surface area contributed by atoms with E-state index in [1.807, 2.05) is 41.9 Å². The molecule has 0 aliphatic carbocycles. The number of aryl methyl sites for hydroxylation is 1. The zero-order chi connectivity index (χ0) is 22.3. The van der Waals surface area contributed by atoms with E-state index in [2.05, 4.69) is 46.8 Å². The Labute approximate surface area is 195 Å². The van der Waals surface area contributed by atoms with Gasteiger partial charge < -0.3 is 15.6 Å². The summed E-state index contributed by atoms with van der Waals surface area (Å²) in [6.45, 7) is 2.59. The Kier molecular flexibility index (Phi) is 7.29. The van der Waals surface area contributed by atoms with Gasteiger partial charge in [0.25, 0.3) is 5.91 Å². The molecule has 2 amide bonds. The Hall–Kier alpha value is -3.03. The molecule has 2 aromatic carbocycles. The molecule has 3 N–H and O–H groups in total. The number of thioether (sulfide) groups is 1. The monoisotopic (exact) mass is 463 g/mol. The molecule has 0 spiro atoms. The van der Waals surface area contributed by atoms with Crippen LogP contribution in [0.15, 0.2) is 77.1 Å².